The Morgan fingerprint density at radius 3 is 2.74 bits per heavy atom. The maximum atomic E-state index is 4.78. The van der Waals surface area contributed by atoms with E-state index >= 15 is 0 Å². The third-order valence-corrected chi connectivity index (χ3v) is 6.51. The zero-order valence-electron chi connectivity index (χ0n) is 11.6. The minimum atomic E-state index is 0.266. The van der Waals surface area contributed by atoms with Gasteiger partial charge in [0.2, 0.25) is 0 Å². The second-order valence-electron chi connectivity index (χ2n) is 5.81. The topological polar surface area (TPSA) is 37.3 Å². The van der Waals surface area contributed by atoms with Crippen LogP contribution in [0.3, 0.4) is 0 Å². The van der Waals surface area contributed by atoms with Gasteiger partial charge in [-0.3, -0.25) is 4.99 Å². The first-order chi connectivity index (χ1) is 9.17. The van der Waals surface area contributed by atoms with Crippen LogP contribution in [0, 0.1) is 12.3 Å². The fraction of sp³-hybridized carbons (Fsp3) is 0.714. The number of thioether (sulfide) groups is 1. The maximum absolute atomic E-state index is 4.78. The van der Waals surface area contributed by atoms with Gasteiger partial charge in [0.1, 0.15) is 5.01 Å². The average molecular weight is 295 g/mol. The summed E-state index contributed by atoms with van der Waals surface area (Å²) in [5.41, 5.74) is 1.63. The summed E-state index contributed by atoms with van der Waals surface area (Å²) in [6, 6.07) is 0.266. The molecule has 1 spiro atoms. The van der Waals surface area contributed by atoms with Crippen LogP contribution in [0.5, 0.6) is 0 Å². The molecular formula is C14H21N3S2. The van der Waals surface area contributed by atoms with Gasteiger partial charge in [0.05, 0.1) is 6.04 Å². The number of rotatable bonds is 2. The molecule has 0 aromatic carbocycles. The summed E-state index contributed by atoms with van der Waals surface area (Å²) in [5.74, 6) is 1.24. The lowest BCUT2D eigenvalue weighted by molar-refractivity contribution is 0.358. The zero-order valence-corrected chi connectivity index (χ0v) is 13.2. The van der Waals surface area contributed by atoms with Crippen LogP contribution in [0.2, 0.25) is 0 Å². The average Bonchev–Trinajstić information content (AvgIpc) is 3.02. The van der Waals surface area contributed by atoms with Crippen molar-refractivity contribution in [2.24, 2.45) is 10.4 Å². The first-order valence-corrected chi connectivity index (χ1v) is 8.89. The third-order valence-electron chi connectivity index (χ3n) is 4.08. The van der Waals surface area contributed by atoms with Crippen LogP contribution in [0.25, 0.3) is 0 Å². The van der Waals surface area contributed by atoms with Crippen molar-refractivity contribution in [2.75, 3.05) is 12.3 Å². The molecule has 1 N–H and O–H groups in total. The molecule has 104 valence electrons. The van der Waals surface area contributed by atoms with Gasteiger partial charge >= 0.3 is 0 Å². The van der Waals surface area contributed by atoms with Gasteiger partial charge in [0, 0.05) is 23.4 Å². The summed E-state index contributed by atoms with van der Waals surface area (Å²) in [5, 5.41) is 7.89. The van der Waals surface area contributed by atoms with E-state index in [1.807, 2.05) is 18.7 Å². The second-order valence-corrected chi connectivity index (χ2v) is 7.66. The van der Waals surface area contributed by atoms with Gasteiger partial charge in [-0.15, -0.1) is 11.3 Å². The van der Waals surface area contributed by atoms with Crippen molar-refractivity contribution < 1.29 is 0 Å². The van der Waals surface area contributed by atoms with E-state index in [1.54, 1.807) is 11.3 Å². The number of nitrogens with one attached hydrogen (secondary N) is 1. The van der Waals surface area contributed by atoms with Crippen LogP contribution >= 0.6 is 23.1 Å². The zero-order chi connectivity index (χ0) is 13.3. The molecule has 1 aromatic heterocycles. The molecule has 0 saturated heterocycles. The minimum absolute atomic E-state index is 0.266. The molecule has 5 heteroatoms. The van der Waals surface area contributed by atoms with Gasteiger partial charge in [-0.1, -0.05) is 24.6 Å². The number of aliphatic imine (C=N–C) groups is 1. The number of aryl methyl sites for hydroxylation is 1. The highest BCUT2D eigenvalue weighted by Gasteiger charge is 2.36. The number of amidine groups is 1. The minimum Gasteiger partial charge on any atom is -0.356 e. The first kappa shape index (κ1) is 13.4. The predicted octanol–water partition coefficient (Wildman–Crippen LogP) is 3.77. The van der Waals surface area contributed by atoms with E-state index in [9.17, 15) is 0 Å². The summed E-state index contributed by atoms with van der Waals surface area (Å²) >= 11 is 3.63. The second kappa shape index (κ2) is 5.44. The SMILES string of the molecule is Cc1csc(C(C)NC2=NCC3(CCCC3)CS2)n1. The Hall–Kier alpha value is -0.550. The van der Waals surface area contributed by atoms with Gasteiger partial charge in [-0.25, -0.2) is 4.98 Å². The highest BCUT2D eigenvalue weighted by Crippen LogP contribution is 2.43. The first-order valence-electron chi connectivity index (χ1n) is 7.03. The number of hydrogen-bond donors (Lipinski definition) is 1. The van der Waals surface area contributed by atoms with Gasteiger partial charge in [0.15, 0.2) is 5.17 Å². The van der Waals surface area contributed by atoms with Crippen molar-refractivity contribution >= 4 is 28.3 Å². The van der Waals surface area contributed by atoms with E-state index in [1.165, 1.54) is 31.4 Å². The summed E-state index contributed by atoms with van der Waals surface area (Å²) < 4.78 is 0. The van der Waals surface area contributed by atoms with E-state index in [2.05, 4.69) is 22.6 Å². The summed E-state index contributed by atoms with van der Waals surface area (Å²) in [7, 11) is 0. The molecule has 0 amide bonds. The number of aromatic nitrogens is 1. The molecule has 1 fully saturated rings. The Morgan fingerprint density at radius 2 is 2.16 bits per heavy atom. The molecule has 1 aromatic rings. The number of thiazole rings is 1. The molecule has 2 heterocycles. The number of nitrogens with zero attached hydrogens (tertiary/aromatic N) is 2. The molecule has 3 rings (SSSR count). The standard InChI is InChI=1S/C14H21N3S2/c1-10-7-18-12(16-10)11(2)17-13-15-8-14(9-19-13)5-3-4-6-14/h7,11H,3-6,8-9H2,1-2H3,(H,15,17). The lowest BCUT2D eigenvalue weighted by atomic mass is 9.89. The van der Waals surface area contributed by atoms with Crippen LogP contribution in [0.15, 0.2) is 10.4 Å². The Bertz CT molecular complexity index is 475. The monoisotopic (exact) mass is 295 g/mol. The quantitative estimate of drug-likeness (QED) is 0.902. The van der Waals surface area contributed by atoms with Crippen molar-refractivity contribution in [2.45, 2.75) is 45.6 Å². The Kier molecular flexibility index (Phi) is 3.85. The molecule has 1 aliphatic carbocycles. The van der Waals surface area contributed by atoms with Gasteiger partial charge < -0.3 is 5.32 Å². The van der Waals surface area contributed by atoms with Crippen LogP contribution in [0.4, 0.5) is 0 Å². The van der Waals surface area contributed by atoms with E-state index in [-0.39, 0.29) is 6.04 Å². The van der Waals surface area contributed by atoms with Crippen molar-refractivity contribution in [3.63, 3.8) is 0 Å². The highest BCUT2D eigenvalue weighted by atomic mass is 32.2. The molecule has 19 heavy (non-hydrogen) atoms. The Morgan fingerprint density at radius 1 is 1.37 bits per heavy atom. The van der Waals surface area contributed by atoms with E-state index in [0.717, 1.165) is 22.4 Å². The fourth-order valence-corrected chi connectivity index (χ4v) is 4.93. The molecule has 3 nitrogen and oxygen atoms in total. The maximum Gasteiger partial charge on any atom is 0.157 e. The van der Waals surface area contributed by atoms with Crippen molar-refractivity contribution in [3.8, 4) is 0 Å². The van der Waals surface area contributed by atoms with Crippen molar-refractivity contribution in [1.29, 1.82) is 0 Å². The summed E-state index contributed by atoms with van der Waals surface area (Å²) in [6.45, 7) is 5.23. The highest BCUT2D eigenvalue weighted by molar-refractivity contribution is 8.13. The molecule has 1 saturated carbocycles. The van der Waals surface area contributed by atoms with Crippen LogP contribution in [-0.2, 0) is 0 Å². The van der Waals surface area contributed by atoms with Crippen molar-refractivity contribution in [1.82, 2.24) is 10.3 Å². The van der Waals surface area contributed by atoms with E-state index in [4.69, 9.17) is 4.99 Å². The van der Waals surface area contributed by atoms with Gasteiger partial charge in [0.25, 0.3) is 0 Å². The lowest BCUT2D eigenvalue weighted by Crippen LogP contribution is -2.34. The van der Waals surface area contributed by atoms with Gasteiger partial charge in [-0.2, -0.15) is 0 Å². The molecule has 0 bridgehead atoms. The predicted molar refractivity (Wildman–Crippen MR) is 84.1 cm³/mol. The molecule has 1 unspecified atom stereocenters. The molecule has 1 atom stereocenters. The summed E-state index contributed by atoms with van der Waals surface area (Å²) in [4.78, 5) is 9.32. The fourth-order valence-electron chi connectivity index (χ4n) is 2.89. The normalized spacial score (nSPS) is 23.4. The largest absolute Gasteiger partial charge is 0.356 e. The molecule has 2 aliphatic rings. The van der Waals surface area contributed by atoms with E-state index < -0.39 is 0 Å². The van der Waals surface area contributed by atoms with Crippen LogP contribution < -0.4 is 5.32 Å². The van der Waals surface area contributed by atoms with Crippen LogP contribution in [-0.4, -0.2) is 22.4 Å². The van der Waals surface area contributed by atoms with E-state index in [0.29, 0.717) is 5.41 Å². The Balaban J connectivity index is 1.60. The third kappa shape index (κ3) is 2.97. The van der Waals surface area contributed by atoms with Crippen molar-refractivity contribution in [3.05, 3.63) is 16.1 Å². The lowest BCUT2D eigenvalue weighted by Gasteiger charge is -2.31. The van der Waals surface area contributed by atoms with Crippen LogP contribution in [0.1, 0.15) is 49.4 Å². The number of hydrogen-bond acceptors (Lipinski definition) is 5. The summed E-state index contributed by atoms with van der Waals surface area (Å²) in [6.07, 6.45) is 5.54. The van der Waals surface area contributed by atoms with Gasteiger partial charge in [-0.05, 0) is 32.1 Å². The smallest absolute Gasteiger partial charge is 0.157 e. The Labute approximate surface area is 123 Å². The molecule has 1 aliphatic heterocycles. The molecular weight excluding hydrogens is 274 g/mol. The molecule has 0 radical (unpaired) electrons.